The Labute approximate surface area is 123 Å². The number of piperidine rings is 3. The summed E-state index contributed by atoms with van der Waals surface area (Å²) in [6, 6.07) is 5.79. The number of hydrogen-bond acceptors (Lipinski definition) is 4. The molecule has 21 heavy (non-hydrogen) atoms. The van der Waals surface area contributed by atoms with Crippen LogP contribution in [0.2, 0.25) is 0 Å². The largest absolute Gasteiger partial charge is 0.356 e. The molecule has 1 N–H and O–H groups in total. The van der Waals surface area contributed by atoms with Crippen LogP contribution in [0.15, 0.2) is 22.7 Å². The molecule has 110 valence electrons. The molecule has 3 fully saturated rings. The molecule has 0 saturated carbocycles. The first-order valence-electron chi connectivity index (χ1n) is 7.60. The lowest BCUT2D eigenvalue weighted by Gasteiger charge is -2.44. The summed E-state index contributed by atoms with van der Waals surface area (Å²) in [5.74, 6) is 0.649. The lowest BCUT2D eigenvalue weighted by Crippen LogP contribution is -2.57. The molecule has 1 aromatic heterocycles. The van der Waals surface area contributed by atoms with Crippen LogP contribution >= 0.6 is 0 Å². The highest BCUT2D eigenvalue weighted by atomic mass is 16.5. The van der Waals surface area contributed by atoms with Crippen molar-refractivity contribution in [1.82, 2.24) is 15.4 Å². The van der Waals surface area contributed by atoms with E-state index in [2.05, 4.69) is 15.4 Å². The molecule has 5 rings (SSSR count). The van der Waals surface area contributed by atoms with Gasteiger partial charge < -0.3 is 14.7 Å². The van der Waals surface area contributed by atoms with Gasteiger partial charge in [0.05, 0.1) is 5.69 Å². The van der Waals surface area contributed by atoms with Crippen molar-refractivity contribution in [3.63, 3.8) is 0 Å². The van der Waals surface area contributed by atoms with Crippen LogP contribution in [0.5, 0.6) is 0 Å². The maximum atomic E-state index is 12.5. The van der Waals surface area contributed by atoms with Crippen molar-refractivity contribution < 1.29 is 9.32 Å². The minimum absolute atomic E-state index is 0.0104. The molecule has 1 atom stereocenters. The Morgan fingerprint density at radius 2 is 2.19 bits per heavy atom. The van der Waals surface area contributed by atoms with Crippen LogP contribution in [0, 0.1) is 12.8 Å². The molecule has 0 radical (unpaired) electrons. The molecule has 0 spiro atoms. The number of nitrogens with zero attached hydrogens (tertiary/aromatic N) is 2. The summed E-state index contributed by atoms with van der Waals surface area (Å²) < 4.78 is 5.19. The van der Waals surface area contributed by atoms with Gasteiger partial charge in [0, 0.05) is 23.5 Å². The van der Waals surface area contributed by atoms with Gasteiger partial charge in [-0.1, -0.05) is 5.16 Å². The number of nitrogens with one attached hydrogen (secondary N) is 1. The van der Waals surface area contributed by atoms with Crippen molar-refractivity contribution in [2.24, 2.45) is 5.92 Å². The Kier molecular flexibility index (Phi) is 2.96. The van der Waals surface area contributed by atoms with Crippen LogP contribution in [0.1, 0.15) is 28.9 Å². The van der Waals surface area contributed by atoms with E-state index in [1.807, 2.05) is 25.1 Å². The summed E-state index contributed by atoms with van der Waals surface area (Å²) in [5.41, 5.74) is 2.24. The van der Waals surface area contributed by atoms with E-state index >= 15 is 0 Å². The first-order valence-corrected chi connectivity index (χ1v) is 7.60. The molecule has 0 unspecified atom stereocenters. The SMILES string of the molecule is Cc1noc2ccc(C(=O)N[C@@H]3CN4CCC3CC4)cc12. The molecular weight excluding hydrogens is 266 g/mol. The van der Waals surface area contributed by atoms with Crippen molar-refractivity contribution >= 4 is 16.9 Å². The number of fused-ring (bicyclic) bond motifs is 4. The van der Waals surface area contributed by atoms with Crippen LogP contribution < -0.4 is 5.32 Å². The van der Waals surface area contributed by atoms with Crippen LogP contribution in [0.25, 0.3) is 11.0 Å². The molecule has 5 heteroatoms. The second kappa shape index (κ2) is 4.84. The second-order valence-electron chi connectivity index (χ2n) is 6.20. The average molecular weight is 285 g/mol. The van der Waals surface area contributed by atoms with Crippen LogP contribution in [0.4, 0.5) is 0 Å². The zero-order valence-electron chi connectivity index (χ0n) is 12.1. The number of amides is 1. The van der Waals surface area contributed by atoms with Crippen molar-refractivity contribution in [2.45, 2.75) is 25.8 Å². The number of rotatable bonds is 2. The Bertz CT molecular complexity index is 686. The van der Waals surface area contributed by atoms with Crippen molar-refractivity contribution in [3.8, 4) is 0 Å². The second-order valence-corrected chi connectivity index (χ2v) is 6.20. The number of hydrogen-bond donors (Lipinski definition) is 1. The van der Waals surface area contributed by atoms with Gasteiger partial charge in [0.2, 0.25) is 0 Å². The van der Waals surface area contributed by atoms with E-state index in [1.54, 1.807) is 0 Å². The molecule has 2 aromatic rings. The van der Waals surface area contributed by atoms with Crippen LogP contribution in [-0.2, 0) is 0 Å². The molecule has 5 nitrogen and oxygen atoms in total. The summed E-state index contributed by atoms with van der Waals surface area (Å²) in [6.45, 7) is 5.25. The third-order valence-electron chi connectivity index (χ3n) is 4.89. The van der Waals surface area contributed by atoms with E-state index in [4.69, 9.17) is 4.52 Å². The summed E-state index contributed by atoms with van der Waals surface area (Å²) >= 11 is 0. The number of carbonyl (C=O) groups excluding carboxylic acids is 1. The van der Waals surface area contributed by atoms with Gasteiger partial charge in [-0.05, 0) is 57.0 Å². The van der Waals surface area contributed by atoms with Gasteiger partial charge in [0.15, 0.2) is 5.58 Å². The molecule has 3 saturated heterocycles. The average Bonchev–Trinajstić information content (AvgIpc) is 2.89. The zero-order chi connectivity index (χ0) is 14.4. The molecule has 2 bridgehead atoms. The summed E-state index contributed by atoms with van der Waals surface area (Å²) in [7, 11) is 0. The van der Waals surface area contributed by atoms with E-state index in [1.165, 1.54) is 25.9 Å². The van der Waals surface area contributed by atoms with Gasteiger partial charge in [0.25, 0.3) is 5.91 Å². The first-order chi connectivity index (χ1) is 10.2. The standard InChI is InChI=1S/C16H19N3O2/c1-10-13-8-12(2-3-15(13)21-18-10)16(20)17-14-9-19-6-4-11(14)5-7-19/h2-3,8,11,14H,4-7,9H2,1H3,(H,17,20)/t14-/m1/s1. The van der Waals surface area contributed by atoms with Crippen LogP contribution in [-0.4, -0.2) is 41.6 Å². The molecule has 0 aliphatic carbocycles. The van der Waals surface area contributed by atoms with Gasteiger partial charge in [-0.25, -0.2) is 0 Å². The predicted octanol–water partition coefficient (Wildman–Crippen LogP) is 1.96. The van der Waals surface area contributed by atoms with Gasteiger partial charge in [-0.3, -0.25) is 4.79 Å². The quantitative estimate of drug-likeness (QED) is 0.916. The van der Waals surface area contributed by atoms with E-state index in [9.17, 15) is 4.79 Å². The molecular formula is C16H19N3O2. The Morgan fingerprint density at radius 1 is 1.38 bits per heavy atom. The third kappa shape index (κ3) is 2.21. The fourth-order valence-electron chi connectivity index (χ4n) is 3.58. The highest BCUT2D eigenvalue weighted by Crippen LogP contribution is 2.28. The Balaban J connectivity index is 1.54. The monoisotopic (exact) mass is 285 g/mol. The lowest BCUT2D eigenvalue weighted by molar-refractivity contribution is 0.0620. The van der Waals surface area contributed by atoms with E-state index in [0.717, 1.165) is 23.2 Å². The lowest BCUT2D eigenvalue weighted by atomic mass is 9.84. The minimum Gasteiger partial charge on any atom is -0.356 e. The Hall–Kier alpha value is -1.88. The normalized spacial score (nSPS) is 28.0. The first kappa shape index (κ1) is 12.8. The molecule has 3 aliphatic heterocycles. The Morgan fingerprint density at radius 3 is 2.90 bits per heavy atom. The number of aromatic nitrogens is 1. The van der Waals surface area contributed by atoms with Gasteiger partial charge in [-0.2, -0.15) is 0 Å². The fourth-order valence-corrected chi connectivity index (χ4v) is 3.58. The summed E-state index contributed by atoms with van der Waals surface area (Å²) in [6.07, 6.45) is 2.41. The smallest absolute Gasteiger partial charge is 0.251 e. The fraction of sp³-hybridized carbons (Fsp3) is 0.500. The molecule has 1 aromatic carbocycles. The highest BCUT2D eigenvalue weighted by molar-refractivity contribution is 5.98. The number of benzene rings is 1. The van der Waals surface area contributed by atoms with E-state index in [0.29, 0.717) is 17.5 Å². The summed E-state index contributed by atoms with van der Waals surface area (Å²) in [4.78, 5) is 14.9. The predicted molar refractivity (Wildman–Crippen MR) is 79.2 cm³/mol. The van der Waals surface area contributed by atoms with E-state index < -0.39 is 0 Å². The molecule has 4 heterocycles. The van der Waals surface area contributed by atoms with E-state index in [-0.39, 0.29) is 5.91 Å². The number of aryl methyl sites for hydroxylation is 1. The third-order valence-corrected chi connectivity index (χ3v) is 4.89. The van der Waals surface area contributed by atoms with Crippen molar-refractivity contribution in [2.75, 3.05) is 19.6 Å². The zero-order valence-corrected chi connectivity index (χ0v) is 12.1. The summed E-state index contributed by atoms with van der Waals surface area (Å²) in [5, 5.41) is 8.05. The van der Waals surface area contributed by atoms with Crippen LogP contribution in [0.3, 0.4) is 0 Å². The molecule has 3 aliphatic rings. The number of carbonyl (C=O) groups is 1. The van der Waals surface area contributed by atoms with Gasteiger partial charge in [0.1, 0.15) is 0 Å². The maximum Gasteiger partial charge on any atom is 0.251 e. The van der Waals surface area contributed by atoms with Crippen molar-refractivity contribution in [3.05, 3.63) is 29.5 Å². The van der Waals surface area contributed by atoms with Gasteiger partial charge >= 0.3 is 0 Å². The highest BCUT2D eigenvalue weighted by Gasteiger charge is 2.34. The topological polar surface area (TPSA) is 58.4 Å². The van der Waals surface area contributed by atoms with Crippen molar-refractivity contribution in [1.29, 1.82) is 0 Å². The minimum atomic E-state index is 0.0104. The molecule has 1 amide bonds. The van der Waals surface area contributed by atoms with Gasteiger partial charge in [-0.15, -0.1) is 0 Å². The maximum absolute atomic E-state index is 12.5.